The molecule has 0 bridgehead atoms. The molecule has 1 aromatic rings. The second kappa shape index (κ2) is 6.46. The lowest BCUT2D eigenvalue weighted by atomic mass is 9.95. The fourth-order valence-corrected chi connectivity index (χ4v) is 3.04. The van der Waals surface area contributed by atoms with Crippen LogP contribution >= 0.6 is 0 Å². The summed E-state index contributed by atoms with van der Waals surface area (Å²) in [6.45, 7) is 1.13. The average molecular weight is 303 g/mol. The number of ether oxygens (including phenoxy) is 1. The zero-order valence-electron chi connectivity index (χ0n) is 12.4. The van der Waals surface area contributed by atoms with Crippen LogP contribution in [0.15, 0.2) is 24.3 Å². The molecule has 1 saturated heterocycles. The quantitative estimate of drug-likeness (QED) is 0.721. The van der Waals surface area contributed by atoms with Crippen LogP contribution in [0.5, 0.6) is 0 Å². The van der Waals surface area contributed by atoms with Gasteiger partial charge in [0.05, 0.1) is 12.1 Å². The van der Waals surface area contributed by atoms with Gasteiger partial charge in [-0.3, -0.25) is 9.59 Å². The maximum Gasteiger partial charge on any atom is 0.246 e. The number of hydrogen-bond donors (Lipinski definition) is 3. The Labute approximate surface area is 129 Å². The minimum atomic E-state index is -0.512. The summed E-state index contributed by atoms with van der Waals surface area (Å²) in [6.07, 6.45) is 1.43. The molecule has 4 N–H and O–H groups in total. The molecule has 6 nitrogen and oxygen atoms in total. The monoisotopic (exact) mass is 303 g/mol. The molecule has 118 valence electrons. The zero-order chi connectivity index (χ0) is 15.5. The fraction of sp³-hybridized carbons (Fsp3) is 0.500. The highest BCUT2D eigenvalue weighted by Crippen LogP contribution is 2.19. The number of nitrogens with two attached hydrogens (primary N) is 1. The average Bonchev–Trinajstić information content (AvgIpc) is 3.01. The molecule has 3 atom stereocenters. The van der Waals surface area contributed by atoms with Crippen molar-refractivity contribution in [3.63, 3.8) is 0 Å². The standard InChI is InChI=1S/C16H21N3O3/c17-15(20)14-6-5-12(22-14)9-19-16(21)13-7-10-3-1-2-4-11(10)8-18-13/h1-4,12-14,18H,5-9H2,(H2,17,20)(H,19,21). The maximum absolute atomic E-state index is 12.3. The van der Waals surface area contributed by atoms with Crippen molar-refractivity contribution in [1.82, 2.24) is 10.6 Å². The number of hydrogen-bond acceptors (Lipinski definition) is 4. The molecule has 2 amide bonds. The second-order valence-electron chi connectivity index (χ2n) is 5.88. The van der Waals surface area contributed by atoms with Crippen LogP contribution in [0.2, 0.25) is 0 Å². The summed E-state index contributed by atoms with van der Waals surface area (Å²) in [5.74, 6) is -0.458. The molecule has 1 aromatic carbocycles. The van der Waals surface area contributed by atoms with Gasteiger partial charge in [-0.25, -0.2) is 0 Å². The lowest BCUT2D eigenvalue weighted by molar-refractivity contribution is -0.129. The summed E-state index contributed by atoms with van der Waals surface area (Å²) in [6, 6.07) is 7.92. The number of nitrogens with one attached hydrogen (secondary N) is 2. The summed E-state index contributed by atoms with van der Waals surface area (Å²) in [4.78, 5) is 23.3. The van der Waals surface area contributed by atoms with E-state index in [1.54, 1.807) is 0 Å². The summed E-state index contributed by atoms with van der Waals surface area (Å²) in [5.41, 5.74) is 7.68. The number of carbonyl (C=O) groups excluding carboxylic acids is 2. The molecule has 0 radical (unpaired) electrons. The van der Waals surface area contributed by atoms with Gasteiger partial charge in [0, 0.05) is 13.1 Å². The number of carbonyl (C=O) groups is 2. The zero-order valence-corrected chi connectivity index (χ0v) is 12.4. The minimum Gasteiger partial charge on any atom is -0.367 e. The molecule has 0 aliphatic carbocycles. The predicted octanol–water partition coefficient (Wildman–Crippen LogP) is -0.150. The molecule has 2 aliphatic heterocycles. The lowest BCUT2D eigenvalue weighted by Crippen LogP contribution is -2.49. The highest BCUT2D eigenvalue weighted by atomic mass is 16.5. The summed E-state index contributed by atoms with van der Waals surface area (Å²) < 4.78 is 5.51. The van der Waals surface area contributed by atoms with Crippen molar-refractivity contribution in [3.05, 3.63) is 35.4 Å². The van der Waals surface area contributed by atoms with Crippen LogP contribution in [-0.4, -0.2) is 36.6 Å². The van der Waals surface area contributed by atoms with Gasteiger partial charge in [-0.2, -0.15) is 0 Å². The highest BCUT2D eigenvalue weighted by molar-refractivity contribution is 5.82. The van der Waals surface area contributed by atoms with Crippen LogP contribution in [0, 0.1) is 0 Å². The highest BCUT2D eigenvalue weighted by Gasteiger charge is 2.30. The van der Waals surface area contributed by atoms with Crippen molar-refractivity contribution >= 4 is 11.8 Å². The molecular weight excluding hydrogens is 282 g/mol. The molecule has 22 heavy (non-hydrogen) atoms. The molecule has 2 heterocycles. The largest absolute Gasteiger partial charge is 0.367 e. The van der Waals surface area contributed by atoms with Gasteiger partial charge in [-0.1, -0.05) is 24.3 Å². The van der Waals surface area contributed by atoms with E-state index in [1.165, 1.54) is 11.1 Å². The molecule has 0 aromatic heterocycles. The van der Waals surface area contributed by atoms with Crippen molar-refractivity contribution < 1.29 is 14.3 Å². The number of primary amides is 1. The van der Waals surface area contributed by atoms with E-state index < -0.39 is 12.0 Å². The molecular formula is C16H21N3O3. The van der Waals surface area contributed by atoms with Crippen molar-refractivity contribution in [2.24, 2.45) is 5.73 Å². The Bertz CT molecular complexity index is 576. The molecule has 2 aliphatic rings. The van der Waals surface area contributed by atoms with Crippen LogP contribution in [0.25, 0.3) is 0 Å². The van der Waals surface area contributed by atoms with Crippen LogP contribution in [0.1, 0.15) is 24.0 Å². The maximum atomic E-state index is 12.3. The first-order valence-corrected chi connectivity index (χ1v) is 7.66. The normalized spacial score (nSPS) is 27.2. The predicted molar refractivity (Wildman–Crippen MR) is 80.9 cm³/mol. The lowest BCUT2D eigenvalue weighted by Gasteiger charge is -2.25. The second-order valence-corrected chi connectivity index (χ2v) is 5.88. The van der Waals surface area contributed by atoms with E-state index in [9.17, 15) is 9.59 Å². The Morgan fingerprint density at radius 3 is 2.77 bits per heavy atom. The van der Waals surface area contributed by atoms with Crippen molar-refractivity contribution in [1.29, 1.82) is 0 Å². The summed E-state index contributed by atoms with van der Waals surface area (Å²) in [5, 5.41) is 6.16. The first-order valence-electron chi connectivity index (χ1n) is 7.66. The van der Waals surface area contributed by atoms with Gasteiger partial charge < -0.3 is 21.1 Å². The van der Waals surface area contributed by atoms with Gasteiger partial charge in [0.15, 0.2) is 0 Å². The SMILES string of the molecule is NC(=O)C1CCC(CNC(=O)C2Cc3ccccc3CN2)O1. The molecule has 0 spiro atoms. The number of amides is 2. The minimum absolute atomic E-state index is 0.0272. The van der Waals surface area contributed by atoms with Gasteiger partial charge in [-0.05, 0) is 30.4 Å². The third kappa shape index (κ3) is 3.28. The molecule has 0 saturated carbocycles. The third-order valence-electron chi connectivity index (χ3n) is 4.33. The van der Waals surface area contributed by atoms with Crippen LogP contribution in [0.4, 0.5) is 0 Å². The van der Waals surface area contributed by atoms with Gasteiger partial charge in [0.2, 0.25) is 11.8 Å². The number of fused-ring (bicyclic) bond motifs is 1. The Morgan fingerprint density at radius 2 is 2.05 bits per heavy atom. The first-order chi connectivity index (χ1) is 10.6. The molecule has 3 rings (SSSR count). The van der Waals surface area contributed by atoms with E-state index in [0.717, 1.165) is 6.42 Å². The molecule has 1 fully saturated rings. The van der Waals surface area contributed by atoms with Gasteiger partial charge in [0.1, 0.15) is 6.10 Å². The molecule has 3 unspecified atom stereocenters. The van der Waals surface area contributed by atoms with Crippen LogP contribution < -0.4 is 16.4 Å². The fourth-order valence-electron chi connectivity index (χ4n) is 3.04. The number of rotatable bonds is 4. The topological polar surface area (TPSA) is 93.5 Å². The number of benzene rings is 1. The van der Waals surface area contributed by atoms with Crippen molar-refractivity contribution in [3.8, 4) is 0 Å². The summed E-state index contributed by atoms with van der Waals surface area (Å²) >= 11 is 0. The molecule has 6 heteroatoms. The van der Waals surface area contributed by atoms with Crippen LogP contribution in [-0.2, 0) is 27.3 Å². The van der Waals surface area contributed by atoms with E-state index in [2.05, 4.69) is 22.8 Å². The van der Waals surface area contributed by atoms with Gasteiger partial charge in [-0.15, -0.1) is 0 Å². The van der Waals surface area contributed by atoms with Crippen molar-refractivity contribution in [2.75, 3.05) is 6.54 Å². The summed E-state index contributed by atoms with van der Waals surface area (Å²) in [7, 11) is 0. The Hall–Kier alpha value is -1.92. The van der Waals surface area contributed by atoms with Gasteiger partial charge >= 0.3 is 0 Å². The van der Waals surface area contributed by atoms with E-state index >= 15 is 0 Å². The smallest absolute Gasteiger partial charge is 0.246 e. The Kier molecular flexibility index (Phi) is 4.40. The van der Waals surface area contributed by atoms with E-state index in [0.29, 0.717) is 25.9 Å². The van der Waals surface area contributed by atoms with Crippen LogP contribution in [0.3, 0.4) is 0 Å². The van der Waals surface area contributed by atoms with Crippen molar-refractivity contribution in [2.45, 2.75) is 44.1 Å². The first kappa shape index (κ1) is 15.0. The third-order valence-corrected chi connectivity index (χ3v) is 4.33. The van der Waals surface area contributed by atoms with E-state index in [-0.39, 0.29) is 18.1 Å². The van der Waals surface area contributed by atoms with E-state index in [1.807, 2.05) is 12.1 Å². The van der Waals surface area contributed by atoms with E-state index in [4.69, 9.17) is 10.5 Å². The van der Waals surface area contributed by atoms with Gasteiger partial charge in [0.25, 0.3) is 0 Å². The Morgan fingerprint density at radius 1 is 1.27 bits per heavy atom. The Balaban J connectivity index is 1.48.